The number of hydrogen-bond acceptors (Lipinski definition) is 3. The first-order valence-corrected chi connectivity index (χ1v) is 7.18. The zero-order valence-corrected chi connectivity index (χ0v) is 12.5. The zero-order chi connectivity index (χ0) is 14.9. The molecular weight excluding hydrogens is 252 g/mol. The fourth-order valence-corrected chi connectivity index (χ4v) is 3.19. The van der Waals surface area contributed by atoms with E-state index in [2.05, 4.69) is 13.5 Å². The number of fused-ring (bicyclic) bond motifs is 1. The minimum atomic E-state index is -0.308. The summed E-state index contributed by atoms with van der Waals surface area (Å²) in [5.74, 6) is -0.136. The molecule has 2 atom stereocenters. The highest BCUT2D eigenvalue weighted by Crippen LogP contribution is 2.49. The van der Waals surface area contributed by atoms with Crippen LogP contribution in [0.4, 0.5) is 0 Å². The van der Waals surface area contributed by atoms with Crippen LogP contribution in [0.5, 0.6) is 0 Å². The van der Waals surface area contributed by atoms with E-state index in [9.17, 15) is 9.59 Å². The minimum absolute atomic E-state index is 0.0383. The lowest BCUT2D eigenvalue weighted by Gasteiger charge is -2.41. The first-order valence-electron chi connectivity index (χ1n) is 7.18. The highest BCUT2D eigenvalue weighted by molar-refractivity contribution is 6.05. The molecule has 2 rings (SSSR count). The quantitative estimate of drug-likeness (QED) is 0.585. The first-order chi connectivity index (χ1) is 9.39. The SMILES string of the molecule is C=C(C(=O)OCC)[C@@H]1CC[C@@]2(C)C=CC(=O)C(C)=C2C1. The van der Waals surface area contributed by atoms with Gasteiger partial charge in [0.05, 0.1) is 6.61 Å². The van der Waals surface area contributed by atoms with Crippen LogP contribution < -0.4 is 0 Å². The van der Waals surface area contributed by atoms with Gasteiger partial charge >= 0.3 is 5.97 Å². The molecule has 0 aromatic carbocycles. The van der Waals surface area contributed by atoms with E-state index in [4.69, 9.17) is 4.74 Å². The van der Waals surface area contributed by atoms with Crippen molar-refractivity contribution in [2.24, 2.45) is 11.3 Å². The number of allylic oxidation sites excluding steroid dienone is 4. The van der Waals surface area contributed by atoms with Crippen LogP contribution in [-0.2, 0) is 14.3 Å². The van der Waals surface area contributed by atoms with Crippen LogP contribution in [0.3, 0.4) is 0 Å². The maximum absolute atomic E-state index is 11.8. The lowest BCUT2D eigenvalue weighted by atomic mass is 9.63. The lowest BCUT2D eigenvalue weighted by molar-refractivity contribution is -0.139. The molecule has 0 N–H and O–H groups in total. The van der Waals surface area contributed by atoms with Crippen molar-refractivity contribution in [3.05, 3.63) is 35.5 Å². The van der Waals surface area contributed by atoms with E-state index < -0.39 is 0 Å². The average molecular weight is 274 g/mol. The predicted octanol–water partition coefficient (Wildman–Crippen LogP) is 3.37. The molecule has 108 valence electrons. The summed E-state index contributed by atoms with van der Waals surface area (Å²) in [6, 6.07) is 0. The number of ketones is 1. The minimum Gasteiger partial charge on any atom is -0.463 e. The molecular formula is C17H22O3. The van der Waals surface area contributed by atoms with Crippen molar-refractivity contribution in [3.8, 4) is 0 Å². The van der Waals surface area contributed by atoms with Crippen LogP contribution in [0.15, 0.2) is 35.5 Å². The van der Waals surface area contributed by atoms with Crippen LogP contribution in [0.1, 0.15) is 40.0 Å². The third-order valence-electron chi connectivity index (χ3n) is 4.61. The smallest absolute Gasteiger partial charge is 0.333 e. The molecule has 20 heavy (non-hydrogen) atoms. The van der Waals surface area contributed by atoms with Crippen molar-refractivity contribution in [1.29, 1.82) is 0 Å². The van der Waals surface area contributed by atoms with Crippen molar-refractivity contribution >= 4 is 11.8 Å². The molecule has 2 aliphatic carbocycles. The molecule has 3 nitrogen and oxygen atoms in total. The molecule has 1 fully saturated rings. The third-order valence-corrected chi connectivity index (χ3v) is 4.61. The highest BCUT2D eigenvalue weighted by Gasteiger charge is 2.39. The molecule has 0 aromatic rings. The van der Waals surface area contributed by atoms with Gasteiger partial charge in [-0.25, -0.2) is 4.79 Å². The summed E-state index contributed by atoms with van der Waals surface area (Å²) in [4.78, 5) is 23.7. The van der Waals surface area contributed by atoms with Gasteiger partial charge in [0.25, 0.3) is 0 Å². The molecule has 0 aliphatic heterocycles. The second kappa shape index (κ2) is 5.39. The van der Waals surface area contributed by atoms with Crippen LogP contribution in [0.25, 0.3) is 0 Å². The van der Waals surface area contributed by atoms with Crippen molar-refractivity contribution in [1.82, 2.24) is 0 Å². The van der Waals surface area contributed by atoms with Gasteiger partial charge in [0.2, 0.25) is 0 Å². The van der Waals surface area contributed by atoms with Crippen molar-refractivity contribution in [3.63, 3.8) is 0 Å². The van der Waals surface area contributed by atoms with Gasteiger partial charge in [0, 0.05) is 11.0 Å². The molecule has 0 aromatic heterocycles. The summed E-state index contributed by atoms with van der Waals surface area (Å²) in [6.07, 6.45) is 6.27. The normalized spacial score (nSPS) is 29.1. The van der Waals surface area contributed by atoms with E-state index in [1.807, 2.05) is 13.0 Å². The maximum Gasteiger partial charge on any atom is 0.333 e. The van der Waals surface area contributed by atoms with Gasteiger partial charge < -0.3 is 4.74 Å². The Kier molecular flexibility index (Phi) is 3.98. The van der Waals surface area contributed by atoms with E-state index in [0.717, 1.165) is 30.4 Å². The number of carbonyl (C=O) groups excluding carboxylic acids is 2. The number of hydrogen-bond donors (Lipinski definition) is 0. The van der Waals surface area contributed by atoms with Gasteiger partial charge in [-0.2, -0.15) is 0 Å². The van der Waals surface area contributed by atoms with E-state index in [-0.39, 0.29) is 23.1 Å². The predicted molar refractivity (Wildman–Crippen MR) is 78.1 cm³/mol. The van der Waals surface area contributed by atoms with Gasteiger partial charge in [-0.05, 0) is 50.7 Å². The van der Waals surface area contributed by atoms with Crippen LogP contribution in [-0.4, -0.2) is 18.4 Å². The number of esters is 1. The fraction of sp³-hybridized carbons (Fsp3) is 0.529. The number of rotatable bonds is 3. The summed E-state index contributed by atoms with van der Waals surface area (Å²) in [6.45, 7) is 10.1. The monoisotopic (exact) mass is 274 g/mol. The van der Waals surface area contributed by atoms with Crippen molar-refractivity contribution in [2.45, 2.75) is 40.0 Å². The third kappa shape index (κ3) is 2.49. The summed E-state index contributed by atoms with van der Waals surface area (Å²) < 4.78 is 5.03. The van der Waals surface area contributed by atoms with E-state index in [0.29, 0.717) is 12.2 Å². The maximum atomic E-state index is 11.8. The molecule has 0 amide bonds. The Morgan fingerprint density at radius 2 is 2.25 bits per heavy atom. The second-order valence-corrected chi connectivity index (χ2v) is 5.90. The summed E-state index contributed by atoms with van der Waals surface area (Å²) in [5, 5.41) is 0. The molecule has 0 heterocycles. The zero-order valence-electron chi connectivity index (χ0n) is 12.5. The van der Waals surface area contributed by atoms with Crippen molar-refractivity contribution < 1.29 is 14.3 Å². The summed E-state index contributed by atoms with van der Waals surface area (Å²) in [5.41, 5.74) is 2.49. The van der Waals surface area contributed by atoms with Gasteiger partial charge in [-0.3, -0.25) is 4.79 Å². The molecule has 3 heteroatoms. The largest absolute Gasteiger partial charge is 0.463 e. The van der Waals surface area contributed by atoms with Gasteiger partial charge in [0.15, 0.2) is 5.78 Å². The topological polar surface area (TPSA) is 43.4 Å². The van der Waals surface area contributed by atoms with E-state index >= 15 is 0 Å². The molecule has 0 unspecified atom stereocenters. The number of carbonyl (C=O) groups is 2. The molecule has 0 spiro atoms. The van der Waals surface area contributed by atoms with Gasteiger partial charge in [-0.1, -0.05) is 25.2 Å². The molecule has 2 aliphatic rings. The van der Waals surface area contributed by atoms with Crippen LogP contribution >= 0.6 is 0 Å². The molecule has 0 bridgehead atoms. The Morgan fingerprint density at radius 3 is 2.90 bits per heavy atom. The molecule has 0 radical (unpaired) electrons. The molecule has 0 saturated heterocycles. The summed E-state index contributed by atoms with van der Waals surface area (Å²) in [7, 11) is 0. The van der Waals surface area contributed by atoms with Crippen LogP contribution in [0, 0.1) is 11.3 Å². The van der Waals surface area contributed by atoms with Gasteiger partial charge in [-0.15, -0.1) is 0 Å². The standard InChI is InChI=1S/C17H22O3/c1-5-20-16(19)11(2)13-6-8-17(4)9-7-15(18)12(3)14(17)10-13/h7,9,13H,2,5-6,8,10H2,1,3-4H3/t13-,17+/m1/s1. The first kappa shape index (κ1) is 14.8. The van der Waals surface area contributed by atoms with E-state index in [1.165, 1.54) is 0 Å². The highest BCUT2D eigenvalue weighted by atomic mass is 16.5. The fourth-order valence-electron chi connectivity index (χ4n) is 3.19. The lowest BCUT2D eigenvalue weighted by Crippen LogP contribution is -2.32. The van der Waals surface area contributed by atoms with Crippen LogP contribution in [0.2, 0.25) is 0 Å². The van der Waals surface area contributed by atoms with E-state index in [1.54, 1.807) is 13.0 Å². The van der Waals surface area contributed by atoms with Gasteiger partial charge in [0.1, 0.15) is 0 Å². The second-order valence-electron chi connectivity index (χ2n) is 5.90. The van der Waals surface area contributed by atoms with Crippen molar-refractivity contribution in [2.75, 3.05) is 6.61 Å². The Bertz CT molecular complexity index is 524. The Morgan fingerprint density at radius 1 is 1.55 bits per heavy atom. The summed E-state index contributed by atoms with van der Waals surface area (Å²) >= 11 is 0. The Labute approximate surface area is 120 Å². The average Bonchev–Trinajstić information content (AvgIpc) is 2.43. The number of ether oxygens (including phenoxy) is 1. The Balaban J connectivity index is 2.21. The molecule has 1 saturated carbocycles. The Hall–Kier alpha value is -1.64.